The van der Waals surface area contributed by atoms with E-state index >= 15 is 0 Å². The second kappa shape index (κ2) is 18.0. The number of fused-ring (bicyclic) bond motifs is 1. The first-order valence-electron chi connectivity index (χ1n) is 17.4. The van der Waals surface area contributed by atoms with Crippen molar-refractivity contribution in [2.24, 2.45) is 0 Å². The van der Waals surface area contributed by atoms with Crippen molar-refractivity contribution in [3.05, 3.63) is 88.6 Å². The summed E-state index contributed by atoms with van der Waals surface area (Å²) in [5, 5.41) is 1.18. The molecule has 20 heteroatoms. The van der Waals surface area contributed by atoms with Gasteiger partial charge in [0.25, 0.3) is 20.2 Å². The van der Waals surface area contributed by atoms with E-state index in [1.165, 1.54) is 51.0 Å². The van der Waals surface area contributed by atoms with Gasteiger partial charge in [-0.3, -0.25) is 14.0 Å². The van der Waals surface area contributed by atoms with Crippen LogP contribution in [0.1, 0.15) is 21.6 Å². The standard InChI is InChI=1S/C22H29N7O3S2.2C7H8O3S/c1-15-17-11-18(16-12-24-22(23)25-13-16)26-21(28-7-9-32-10-8-28)20(17)33-19(15)14-27-3-5-29(6-4-27)34(2,30)31;2*1-6-2-4-7(5-3-6)11(8,9)10/h11-13H,3-10,14H2,1-2H3,(H2,23,24,25);2*2-5H,1H3,(H,8,9,10). The highest BCUT2D eigenvalue weighted by Gasteiger charge is 2.26. The van der Waals surface area contributed by atoms with Crippen LogP contribution in [0.15, 0.2) is 76.8 Å². The molecular weight excluding hydrogens is 803 g/mol. The van der Waals surface area contributed by atoms with Gasteiger partial charge in [-0.05, 0) is 56.7 Å². The molecule has 302 valence electrons. The molecular formula is C36H45N7O9S4. The summed E-state index contributed by atoms with van der Waals surface area (Å²) in [5.41, 5.74) is 10.5. The van der Waals surface area contributed by atoms with Gasteiger partial charge in [0.15, 0.2) is 0 Å². The van der Waals surface area contributed by atoms with Crippen LogP contribution in [0.5, 0.6) is 0 Å². The predicted molar refractivity (Wildman–Crippen MR) is 217 cm³/mol. The Hall–Kier alpha value is -4.12. The number of thiophene rings is 1. The number of morpholine rings is 1. The lowest BCUT2D eigenvalue weighted by atomic mass is 10.1. The molecule has 0 unspecified atom stereocenters. The third-order valence-electron chi connectivity index (χ3n) is 9.09. The lowest BCUT2D eigenvalue weighted by molar-refractivity contribution is 0.122. The minimum absolute atomic E-state index is 0.0666. The van der Waals surface area contributed by atoms with Gasteiger partial charge < -0.3 is 15.4 Å². The molecule has 5 heterocycles. The Morgan fingerprint density at radius 1 is 0.768 bits per heavy atom. The molecule has 2 aliphatic rings. The van der Waals surface area contributed by atoms with Crippen molar-refractivity contribution >= 4 is 63.4 Å². The van der Waals surface area contributed by atoms with Crippen molar-refractivity contribution < 1.29 is 39.1 Å². The van der Waals surface area contributed by atoms with Gasteiger partial charge in [0.05, 0.1) is 39.7 Å². The molecule has 0 aliphatic carbocycles. The fraction of sp³-hybridized carbons (Fsp3) is 0.361. The molecule has 56 heavy (non-hydrogen) atoms. The Bertz CT molecular complexity index is 2380. The second-order valence-corrected chi connectivity index (χ2v) is 19.2. The Balaban J connectivity index is 0.000000222. The first-order valence-corrected chi connectivity index (χ1v) is 22.9. The first-order chi connectivity index (χ1) is 26.3. The zero-order chi connectivity index (χ0) is 40.8. The van der Waals surface area contributed by atoms with Crippen molar-refractivity contribution in [1.29, 1.82) is 0 Å². The van der Waals surface area contributed by atoms with E-state index in [0.717, 1.165) is 60.9 Å². The lowest BCUT2D eigenvalue weighted by Gasteiger charge is -2.33. The third kappa shape index (κ3) is 11.5. The Morgan fingerprint density at radius 2 is 1.27 bits per heavy atom. The molecule has 2 fully saturated rings. The van der Waals surface area contributed by atoms with E-state index < -0.39 is 30.3 Å². The zero-order valence-corrected chi connectivity index (χ0v) is 34.6. The van der Waals surface area contributed by atoms with E-state index in [1.807, 2.05) is 13.8 Å². The molecule has 0 atom stereocenters. The maximum Gasteiger partial charge on any atom is 0.294 e. The minimum atomic E-state index is -4.02. The molecule has 3 aromatic heterocycles. The first kappa shape index (κ1) is 43.0. The van der Waals surface area contributed by atoms with Crippen molar-refractivity contribution in [1.82, 2.24) is 24.2 Å². The van der Waals surface area contributed by atoms with E-state index in [2.05, 4.69) is 32.8 Å². The number of pyridine rings is 1. The van der Waals surface area contributed by atoms with Crippen molar-refractivity contribution in [3.8, 4) is 11.3 Å². The number of hydrogen-bond donors (Lipinski definition) is 3. The fourth-order valence-corrected chi connectivity index (χ4v) is 8.98. The average molecular weight is 848 g/mol. The highest BCUT2D eigenvalue weighted by atomic mass is 32.2. The molecule has 7 rings (SSSR count). The molecule has 16 nitrogen and oxygen atoms in total. The summed E-state index contributed by atoms with van der Waals surface area (Å²) in [5.74, 6) is 1.21. The molecule has 0 spiro atoms. The predicted octanol–water partition coefficient (Wildman–Crippen LogP) is 4.04. The number of rotatable bonds is 7. The van der Waals surface area contributed by atoms with Crippen molar-refractivity contribution in [2.45, 2.75) is 37.1 Å². The summed E-state index contributed by atoms with van der Waals surface area (Å²) in [4.78, 5) is 19.1. The third-order valence-corrected chi connectivity index (χ3v) is 13.4. The zero-order valence-electron chi connectivity index (χ0n) is 31.4. The molecule has 2 aromatic carbocycles. The summed E-state index contributed by atoms with van der Waals surface area (Å²) in [6.45, 7) is 12.1. The van der Waals surface area contributed by atoms with Gasteiger partial charge in [-0.15, -0.1) is 11.3 Å². The summed E-state index contributed by atoms with van der Waals surface area (Å²) < 4.78 is 91.1. The number of nitrogen functional groups attached to an aromatic ring is 1. The minimum Gasteiger partial charge on any atom is -0.378 e. The lowest BCUT2D eigenvalue weighted by Crippen LogP contribution is -2.47. The van der Waals surface area contributed by atoms with Crippen molar-refractivity contribution in [3.63, 3.8) is 0 Å². The second-order valence-electron chi connectivity index (χ2n) is 13.3. The number of hydrogen-bond acceptors (Lipinski definition) is 14. The number of anilines is 2. The molecule has 0 radical (unpaired) electrons. The molecule has 0 bridgehead atoms. The summed E-state index contributed by atoms with van der Waals surface area (Å²) in [6, 6.07) is 14.1. The highest BCUT2D eigenvalue weighted by Crippen LogP contribution is 2.40. The Morgan fingerprint density at radius 3 is 1.73 bits per heavy atom. The largest absolute Gasteiger partial charge is 0.378 e. The van der Waals surface area contributed by atoms with E-state index in [-0.39, 0.29) is 15.7 Å². The highest BCUT2D eigenvalue weighted by molar-refractivity contribution is 7.88. The van der Waals surface area contributed by atoms with Gasteiger partial charge in [-0.1, -0.05) is 35.4 Å². The van der Waals surface area contributed by atoms with Crippen LogP contribution in [0.2, 0.25) is 0 Å². The maximum absolute atomic E-state index is 11.9. The van der Waals surface area contributed by atoms with Crippen LogP contribution in [0.3, 0.4) is 0 Å². The number of nitrogens with zero attached hydrogens (tertiary/aromatic N) is 6. The van der Waals surface area contributed by atoms with E-state index in [4.69, 9.17) is 24.6 Å². The summed E-state index contributed by atoms with van der Waals surface area (Å²) in [7, 11) is -11.2. The maximum atomic E-state index is 11.9. The fourth-order valence-electron chi connectivity index (χ4n) is 5.85. The number of aryl methyl sites for hydroxylation is 3. The number of piperazine rings is 1. The van der Waals surface area contributed by atoms with Crippen LogP contribution in [0, 0.1) is 20.8 Å². The van der Waals surface area contributed by atoms with E-state index in [1.54, 1.807) is 52.3 Å². The molecule has 0 saturated carbocycles. The molecule has 4 N–H and O–H groups in total. The van der Waals surface area contributed by atoms with Crippen LogP contribution in [0.4, 0.5) is 11.8 Å². The van der Waals surface area contributed by atoms with Crippen molar-refractivity contribution in [2.75, 3.05) is 69.4 Å². The number of ether oxygens (including phenoxy) is 1. The molecule has 2 aliphatic heterocycles. The van der Waals surface area contributed by atoms with Gasteiger partial charge in [0, 0.05) is 74.0 Å². The van der Waals surface area contributed by atoms with E-state index in [0.29, 0.717) is 26.3 Å². The Labute approximate surface area is 331 Å². The van der Waals surface area contributed by atoms with Gasteiger partial charge in [0.1, 0.15) is 5.82 Å². The van der Waals surface area contributed by atoms with Crippen LogP contribution in [-0.4, -0.2) is 117 Å². The number of benzene rings is 2. The van der Waals surface area contributed by atoms with E-state index in [9.17, 15) is 25.3 Å². The summed E-state index contributed by atoms with van der Waals surface area (Å²) in [6.07, 6.45) is 4.70. The number of aromatic nitrogens is 3. The summed E-state index contributed by atoms with van der Waals surface area (Å²) >= 11 is 1.78. The van der Waals surface area contributed by atoms with Gasteiger partial charge in [-0.2, -0.15) is 21.1 Å². The normalized spacial score (nSPS) is 15.8. The number of sulfonamides is 1. The van der Waals surface area contributed by atoms with Crippen LogP contribution < -0.4 is 10.6 Å². The van der Waals surface area contributed by atoms with Gasteiger partial charge in [-0.25, -0.2) is 23.4 Å². The van der Waals surface area contributed by atoms with Crippen LogP contribution in [0.25, 0.3) is 21.3 Å². The topological polar surface area (TPSA) is 227 Å². The molecule has 0 amide bonds. The SMILES string of the molecule is Cc1c(CN2CCN(S(C)(=O)=O)CC2)sc2c(N3CCOCC3)nc(-c3cnc(N)nc3)cc12.Cc1ccc(S(=O)(=O)O)cc1.Cc1ccc(S(=O)(=O)O)cc1. The molecule has 5 aromatic rings. The quantitative estimate of drug-likeness (QED) is 0.197. The number of nitrogens with two attached hydrogens (primary N) is 1. The van der Waals surface area contributed by atoms with Crippen LogP contribution in [-0.2, 0) is 41.5 Å². The Kier molecular flexibility index (Phi) is 13.8. The van der Waals surface area contributed by atoms with Crippen LogP contribution >= 0.6 is 11.3 Å². The molecule has 2 saturated heterocycles. The monoisotopic (exact) mass is 847 g/mol. The van der Waals surface area contributed by atoms with Gasteiger partial charge in [0.2, 0.25) is 16.0 Å². The van der Waals surface area contributed by atoms with Gasteiger partial charge >= 0.3 is 0 Å². The average Bonchev–Trinajstić information content (AvgIpc) is 3.46. The smallest absolute Gasteiger partial charge is 0.294 e.